The Hall–Kier alpha value is -2.96. The Labute approximate surface area is 158 Å². The van der Waals surface area contributed by atoms with Crippen LogP contribution in [-0.2, 0) is 11.2 Å². The van der Waals surface area contributed by atoms with E-state index in [1.54, 1.807) is 22.8 Å². The fourth-order valence-corrected chi connectivity index (χ4v) is 3.87. The highest BCUT2D eigenvalue weighted by Crippen LogP contribution is 2.36. The molecule has 1 atom stereocenters. The number of hydrogen-bond acceptors (Lipinski definition) is 5. The third kappa shape index (κ3) is 3.25. The summed E-state index contributed by atoms with van der Waals surface area (Å²) in [5.41, 5.74) is 2.80. The monoisotopic (exact) mass is 365 g/mol. The number of hydrogen-bond donors (Lipinski definition) is 0. The molecule has 1 unspecified atom stereocenters. The molecular formula is C20H23N5O2. The van der Waals surface area contributed by atoms with Crippen molar-refractivity contribution in [3.8, 4) is 0 Å². The fraction of sp³-hybridized carbons (Fsp3) is 0.400. The lowest BCUT2D eigenvalue weighted by Gasteiger charge is -2.34. The zero-order valence-corrected chi connectivity index (χ0v) is 15.6. The largest absolute Gasteiger partial charge is 0.339 e. The molecule has 0 N–H and O–H groups in total. The lowest BCUT2D eigenvalue weighted by Crippen LogP contribution is -2.50. The summed E-state index contributed by atoms with van der Waals surface area (Å²) in [4.78, 5) is 29.8. The molecule has 2 aromatic rings. The van der Waals surface area contributed by atoms with E-state index in [2.05, 4.69) is 34.2 Å². The molecule has 2 aliphatic heterocycles. The molecule has 1 fully saturated rings. The maximum Gasteiger partial charge on any atom is 0.274 e. The van der Waals surface area contributed by atoms with Gasteiger partial charge in [-0.3, -0.25) is 9.59 Å². The third-order valence-corrected chi connectivity index (χ3v) is 5.34. The summed E-state index contributed by atoms with van der Waals surface area (Å²) < 4.78 is 0. The molecular weight excluding hydrogens is 342 g/mol. The highest BCUT2D eigenvalue weighted by Gasteiger charge is 2.29. The molecule has 3 heterocycles. The summed E-state index contributed by atoms with van der Waals surface area (Å²) in [6, 6.07) is 12.2. The maximum atomic E-state index is 12.7. The third-order valence-electron chi connectivity index (χ3n) is 5.34. The van der Waals surface area contributed by atoms with Gasteiger partial charge in [0.05, 0.1) is 0 Å². The molecule has 2 amide bonds. The fourth-order valence-electron chi connectivity index (χ4n) is 3.87. The van der Waals surface area contributed by atoms with Gasteiger partial charge in [0.25, 0.3) is 5.91 Å². The predicted molar refractivity (Wildman–Crippen MR) is 102 cm³/mol. The summed E-state index contributed by atoms with van der Waals surface area (Å²) in [5, 5.41) is 8.53. The van der Waals surface area contributed by atoms with Gasteiger partial charge in [-0.15, -0.1) is 10.2 Å². The molecule has 1 aromatic heterocycles. The van der Waals surface area contributed by atoms with Gasteiger partial charge in [-0.25, -0.2) is 0 Å². The van der Waals surface area contributed by atoms with Gasteiger partial charge in [-0.1, -0.05) is 18.2 Å². The van der Waals surface area contributed by atoms with Crippen LogP contribution in [0.1, 0.15) is 29.9 Å². The number of fused-ring (bicyclic) bond motifs is 1. The van der Waals surface area contributed by atoms with Gasteiger partial charge in [0.2, 0.25) is 5.91 Å². The molecule has 0 spiro atoms. The van der Waals surface area contributed by atoms with E-state index < -0.39 is 0 Å². The first-order valence-electron chi connectivity index (χ1n) is 9.30. The van der Waals surface area contributed by atoms with E-state index in [4.69, 9.17) is 0 Å². The van der Waals surface area contributed by atoms with E-state index in [1.807, 2.05) is 18.2 Å². The molecule has 2 aliphatic rings. The van der Waals surface area contributed by atoms with E-state index in [9.17, 15) is 9.59 Å². The normalized spacial score (nSPS) is 19.2. The van der Waals surface area contributed by atoms with Crippen molar-refractivity contribution in [3.05, 3.63) is 47.7 Å². The van der Waals surface area contributed by atoms with Crippen molar-refractivity contribution in [1.82, 2.24) is 20.0 Å². The van der Waals surface area contributed by atoms with Crippen LogP contribution in [0.25, 0.3) is 0 Å². The lowest BCUT2D eigenvalue weighted by molar-refractivity contribution is -0.130. The summed E-state index contributed by atoms with van der Waals surface area (Å²) in [6.07, 6.45) is 0.971. The minimum Gasteiger partial charge on any atom is -0.339 e. The van der Waals surface area contributed by atoms with Crippen molar-refractivity contribution >= 4 is 23.3 Å². The predicted octanol–water partition coefficient (Wildman–Crippen LogP) is 1.86. The quantitative estimate of drug-likeness (QED) is 0.813. The van der Waals surface area contributed by atoms with E-state index >= 15 is 0 Å². The Morgan fingerprint density at radius 1 is 0.963 bits per heavy atom. The number of aromatic nitrogens is 2. The first kappa shape index (κ1) is 17.5. The van der Waals surface area contributed by atoms with Gasteiger partial charge < -0.3 is 14.7 Å². The van der Waals surface area contributed by atoms with E-state index in [0.29, 0.717) is 37.9 Å². The van der Waals surface area contributed by atoms with Crippen molar-refractivity contribution in [2.24, 2.45) is 0 Å². The zero-order valence-electron chi connectivity index (χ0n) is 15.6. The SMILES string of the molecule is CC(=O)N1CCN(C(=O)c2ccc(N3c4ccccc4CC3C)nn2)CC1. The van der Waals surface area contributed by atoms with Crippen molar-refractivity contribution in [2.45, 2.75) is 26.3 Å². The van der Waals surface area contributed by atoms with Gasteiger partial charge in [0.15, 0.2) is 11.5 Å². The smallest absolute Gasteiger partial charge is 0.274 e. The summed E-state index contributed by atoms with van der Waals surface area (Å²) >= 11 is 0. The minimum absolute atomic E-state index is 0.0475. The van der Waals surface area contributed by atoms with Crippen molar-refractivity contribution in [3.63, 3.8) is 0 Å². The highest BCUT2D eigenvalue weighted by molar-refractivity contribution is 5.92. The lowest BCUT2D eigenvalue weighted by atomic mass is 10.1. The van der Waals surface area contributed by atoms with E-state index in [-0.39, 0.29) is 11.8 Å². The average molecular weight is 365 g/mol. The number of carbonyl (C=O) groups is 2. The van der Waals surface area contributed by atoms with Crippen LogP contribution < -0.4 is 4.90 Å². The van der Waals surface area contributed by atoms with Crippen molar-refractivity contribution in [2.75, 3.05) is 31.1 Å². The minimum atomic E-state index is -0.132. The number of piperazine rings is 1. The Morgan fingerprint density at radius 3 is 2.33 bits per heavy atom. The van der Waals surface area contributed by atoms with Gasteiger partial charge in [-0.2, -0.15) is 0 Å². The van der Waals surface area contributed by atoms with Crippen LogP contribution in [-0.4, -0.2) is 64.0 Å². The Kier molecular flexibility index (Phi) is 4.51. The van der Waals surface area contributed by atoms with Crippen LogP contribution in [0.15, 0.2) is 36.4 Å². The van der Waals surface area contributed by atoms with Crippen LogP contribution in [0.3, 0.4) is 0 Å². The molecule has 0 bridgehead atoms. The molecule has 0 radical (unpaired) electrons. The first-order valence-corrected chi connectivity index (χ1v) is 9.30. The molecule has 140 valence electrons. The molecule has 7 nitrogen and oxygen atoms in total. The average Bonchev–Trinajstić information content (AvgIpc) is 3.03. The van der Waals surface area contributed by atoms with Crippen LogP contribution in [0, 0.1) is 0 Å². The Balaban J connectivity index is 1.48. The maximum absolute atomic E-state index is 12.7. The van der Waals surface area contributed by atoms with E-state index in [0.717, 1.165) is 17.9 Å². The molecule has 7 heteroatoms. The first-order chi connectivity index (χ1) is 13.0. The summed E-state index contributed by atoms with van der Waals surface area (Å²) in [7, 11) is 0. The second-order valence-electron chi connectivity index (χ2n) is 7.13. The molecule has 4 rings (SSSR count). The summed E-state index contributed by atoms with van der Waals surface area (Å²) in [5.74, 6) is 0.670. The Bertz CT molecular complexity index is 859. The second-order valence-corrected chi connectivity index (χ2v) is 7.13. The van der Waals surface area contributed by atoms with Crippen LogP contribution in [0.2, 0.25) is 0 Å². The number of carbonyl (C=O) groups excluding carboxylic acids is 2. The topological polar surface area (TPSA) is 69.6 Å². The molecule has 1 saturated heterocycles. The number of nitrogens with zero attached hydrogens (tertiary/aromatic N) is 5. The second kappa shape index (κ2) is 6.98. The van der Waals surface area contributed by atoms with Crippen LogP contribution in [0.5, 0.6) is 0 Å². The number of rotatable bonds is 2. The number of anilines is 2. The standard InChI is InChI=1S/C20H23N5O2/c1-14-13-16-5-3-4-6-18(16)25(14)19-8-7-17(21-22-19)20(27)24-11-9-23(10-12-24)15(2)26/h3-8,14H,9-13H2,1-2H3. The van der Waals surface area contributed by atoms with Gasteiger partial charge in [-0.05, 0) is 37.1 Å². The molecule has 0 aliphatic carbocycles. The van der Waals surface area contributed by atoms with Gasteiger partial charge in [0.1, 0.15) is 0 Å². The Morgan fingerprint density at radius 2 is 1.67 bits per heavy atom. The van der Waals surface area contributed by atoms with Crippen molar-refractivity contribution in [1.29, 1.82) is 0 Å². The van der Waals surface area contributed by atoms with Crippen LogP contribution in [0.4, 0.5) is 11.5 Å². The molecule has 27 heavy (non-hydrogen) atoms. The molecule has 1 aromatic carbocycles. The number of benzene rings is 1. The van der Waals surface area contributed by atoms with Gasteiger partial charge >= 0.3 is 0 Å². The van der Waals surface area contributed by atoms with E-state index in [1.165, 1.54) is 5.56 Å². The van der Waals surface area contributed by atoms with Crippen molar-refractivity contribution < 1.29 is 9.59 Å². The van der Waals surface area contributed by atoms with Gasteiger partial charge in [0, 0.05) is 44.8 Å². The number of para-hydroxylation sites is 1. The highest BCUT2D eigenvalue weighted by atomic mass is 16.2. The summed E-state index contributed by atoms with van der Waals surface area (Å²) in [6.45, 7) is 5.90. The molecule has 0 saturated carbocycles. The number of amides is 2. The zero-order chi connectivity index (χ0) is 19.0. The van der Waals surface area contributed by atoms with Crippen LogP contribution >= 0.6 is 0 Å².